The molecule has 1 aromatic heterocycles. The van der Waals surface area contributed by atoms with Crippen LogP contribution in [0.5, 0.6) is 0 Å². The van der Waals surface area contributed by atoms with Gasteiger partial charge in [-0.2, -0.15) is 0 Å². The van der Waals surface area contributed by atoms with E-state index in [4.69, 9.17) is 4.52 Å². The van der Waals surface area contributed by atoms with Gasteiger partial charge in [0.05, 0.1) is 5.69 Å². The average molecular weight is 553 g/mol. The lowest BCUT2D eigenvalue weighted by Crippen LogP contribution is -2.38. The lowest BCUT2D eigenvalue weighted by molar-refractivity contribution is -0.118. The van der Waals surface area contributed by atoms with Crippen LogP contribution < -0.4 is 15.5 Å². The predicted octanol–water partition coefficient (Wildman–Crippen LogP) is 4.62. The Morgan fingerprint density at radius 2 is 2.00 bits per heavy atom. The quantitative estimate of drug-likeness (QED) is 0.194. The summed E-state index contributed by atoms with van der Waals surface area (Å²) in [4.78, 5) is 19.1. The molecule has 32 heavy (non-hydrogen) atoms. The van der Waals surface area contributed by atoms with Gasteiger partial charge in [-0.25, -0.2) is 4.99 Å². The monoisotopic (exact) mass is 553 g/mol. The van der Waals surface area contributed by atoms with E-state index >= 15 is 0 Å². The second-order valence-corrected chi connectivity index (χ2v) is 7.88. The Morgan fingerprint density at radius 1 is 1.22 bits per heavy atom. The molecular formula is C24H36IN5O2. The smallest absolute Gasteiger partial charge is 0.227 e. The van der Waals surface area contributed by atoms with Crippen molar-refractivity contribution >= 4 is 41.5 Å². The third kappa shape index (κ3) is 6.95. The van der Waals surface area contributed by atoms with E-state index in [2.05, 4.69) is 40.7 Å². The van der Waals surface area contributed by atoms with Crippen LogP contribution in [0.15, 0.2) is 39.8 Å². The first-order valence-corrected chi connectivity index (χ1v) is 11.5. The minimum atomic E-state index is 0. The Kier molecular flexibility index (Phi) is 11.0. The number of nitrogens with one attached hydrogen (secondary N) is 2. The summed E-state index contributed by atoms with van der Waals surface area (Å²) in [5.41, 5.74) is 3.33. The number of guanidine groups is 1. The number of nitrogens with zero attached hydrogens (tertiary/aromatic N) is 3. The molecule has 1 aliphatic rings. The van der Waals surface area contributed by atoms with Gasteiger partial charge in [-0.15, -0.1) is 24.0 Å². The maximum absolute atomic E-state index is 12.6. The van der Waals surface area contributed by atoms with Crippen LogP contribution in [0.1, 0.15) is 69.4 Å². The molecule has 0 saturated carbocycles. The number of hydrogen-bond acceptors (Lipinski definition) is 4. The van der Waals surface area contributed by atoms with Crippen molar-refractivity contribution in [1.29, 1.82) is 0 Å². The molecule has 3 rings (SSSR count). The number of carbonyl (C=O) groups excluding carboxylic acids is 1. The van der Waals surface area contributed by atoms with Crippen LogP contribution >= 0.6 is 24.0 Å². The van der Waals surface area contributed by atoms with Crippen LogP contribution in [0.2, 0.25) is 0 Å². The lowest BCUT2D eigenvalue weighted by Gasteiger charge is -2.17. The van der Waals surface area contributed by atoms with Gasteiger partial charge in [0.2, 0.25) is 5.91 Å². The van der Waals surface area contributed by atoms with Gasteiger partial charge < -0.3 is 20.1 Å². The number of aromatic nitrogens is 1. The molecule has 2 heterocycles. The molecule has 2 aromatic rings. The van der Waals surface area contributed by atoms with Gasteiger partial charge in [-0.05, 0) is 44.2 Å². The molecule has 0 saturated heterocycles. The molecule has 0 bridgehead atoms. The molecule has 0 atom stereocenters. The summed E-state index contributed by atoms with van der Waals surface area (Å²) in [6.07, 6.45) is 4.32. The number of halogens is 1. The Labute approximate surface area is 208 Å². The van der Waals surface area contributed by atoms with Crippen LogP contribution in [-0.2, 0) is 17.8 Å². The van der Waals surface area contributed by atoms with E-state index in [0.717, 1.165) is 61.9 Å². The number of fused-ring (bicyclic) bond motifs is 1. The van der Waals surface area contributed by atoms with Gasteiger partial charge in [0, 0.05) is 43.7 Å². The average Bonchev–Trinajstić information content (AvgIpc) is 3.43. The number of rotatable bonds is 10. The fourth-order valence-corrected chi connectivity index (χ4v) is 3.98. The molecule has 8 heteroatoms. The summed E-state index contributed by atoms with van der Waals surface area (Å²) >= 11 is 0. The number of amides is 1. The van der Waals surface area contributed by atoms with Gasteiger partial charge in [-0.3, -0.25) is 4.79 Å². The second kappa shape index (κ2) is 13.4. The van der Waals surface area contributed by atoms with Crippen molar-refractivity contribution in [3.8, 4) is 0 Å². The van der Waals surface area contributed by atoms with Crippen LogP contribution in [0.25, 0.3) is 0 Å². The number of hydrogen-bond donors (Lipinski definition) is 2. The van der Waals surface area contributed by atoms with Crippen LogP contribution in [0.3, 0.4) is 0 Å². The highest BCUT2D eigenvalue weighted by Gasteiger charge is 2.23. The summed E-state index contributed by atoms with van der Waals surface area (Å²) in [7, 11) is 0. The van der Waals surface area contributed by atoms with E-state index in [-0.39, 0.29) is 29.9 Å². The number of anilines is 1. The molecule has 1 aromatic carbocycles. The zero-order valence-electron chi connectivity index (χ0n) is 19.4. The number of carbonyl (C=O) groups is 1. The Hall–Kier alpha value is -2.10. The van der Waals surface area contributed by atoms with Crippen molar-refractivity contribution in [2.24, 2.45) is 4.99 Å². The standard InChI is InChI=1S/C24H35N5O2.HI/c1-4-18(5-2)21-16-20(31-28-21)17-27-24(25-6-3)26-14-9-12-23(30)29-15-13-19-10-7-8-11-22(19)29;/h7-8,10-11,16,18H,4-6,9,12-15,17H2,1-3H3,(H2,25,26,27);1H. The van der Waals surface area contributed by atoms with Gasteiger partial charge in [0.15, 0.2) is 11.7 Å². The third-order valence-corrected chi connectivity index (χ3v) is 5.77. The molecule has 1 aliphatic heterocycles. The third-order valence-electron chi connectivity index (χ3n) is 5.77. The van der Waals surface area contributed by atoms with E-state index < -0.39 is 0 Å². The van der Waals surface area contributed by atoms with E-state index in [1.807, 2.05) is 36.1 Å². The molecule has 7 nitrogen and oxygen atoms in total. The molecule has 0 fully saturated rings. The Morgan fingerprint density at radius 3 is 2.75 bits per heavy atom. The van der Waals surface area contributed by atoms with Gasteiger partial charge in [0.25, 0.3) is 0 Å². The summed E-state index contributed by atoms with van der Waals surface area (Å²) in [6, 6.07) is 10.2. The number of para-hydroxylation sites is 1. The maximum Gasteiger partial charge on any atom is 0.227 e. The molecular weight excluding hydrogens is 517 g/mol. The normalized spacial score (nSPS) is 13.1. The van der Waals surface area contributed by atoms with E-state index in [9.17, 15) is 4.79 Å². The van der Waals surface area contributed by atoms with Crippen molar-refractivity contribution < 1.29 is 9.32 Å². The minimum Gasteiger partial charge on any atom is -0.359 e. The zero-order valence-corrected chi connectivity index (χ0v) is 21.7. The first-order valence-electron chi connectivity index (χ1n) is 11.5. The summed E-state index contributed by atoms with van der Waals surface area (Å²) in [5, 5.41) is 10.8. The molecule has 2 N–H and O–H groups in total. The van der Waals surface area contributed by atoms with Crippen LogP contribution in [-0.4, -0.2) is 36.7 Å². The molecule has 0 unspecified atom stereocenters. The van der Waals surface area contributed by atoms with E-state index in [1.165, 1.54) is 5.56 Å². The molecule has 0 spiro atoms. The lowest BCUT2D eigenvalue weighted by atomic mass is 9.99. The fourth-order valence-electron chi connectivity index (χ4n) is 3.98. The summed E-state index contributed by atoms with van der Waals surface area (Å²) < 4.78 is 5.46. The highest BCUT2D eigenvalue weighted by molar-refractivity contribution is 14.0. The van der Waals surface area contributed by atoms with Crippen LogP contribution in [0, 0.1) is 0 Å². The van der Waals surface area contributed by atoms with Gasteiger partial charge >= 0.3 is 0 Å². The SMILES string of the molecule is CCNC(=NCc1cc(C(CC)CC)no1)NCCCC(=O)N1CCc2ccccc21.I. The molecule has 1 amide bonds. The first-order chi connectivity index (χ1) is 15.2. The molecule has 0 aliphatic carbocycles. The summed E-state index contributed by atoms with van der Waals surface area (Å²) in [5.74, 6) is 2.11. The van der Waals surface area contributed by atoms with Gasteiger partial charge in [0.1, 0.15) is 6.54 Å². The number of aliphatic imine (C=N–C) groups is 1. The van der Waals surface area contributed by atoms with Crippen molar-refractivity contribution in [3.05, 3.63) is 47.3 Å². The maximum atomic E-state index is 12.6. The largest absolute Gasteiger partial charge is 0.359 e. The van der Waals surface area contributed by atoms with Crippen molar-refractivity contribution in [2.45, 2.75) is 65.3 Å². The fraction of sp³-hybridized carbons (Fsp3) is 0.542. The Balaban J connectivity index is 0.00000363. The zero-order chi connectivity index (χ0) is 22.1. The minimum absolute atomic E-state index is 0. The topological polar surface area (TPSA) is 82.8 Å². The van der Waals surface area contributed by atoms with Crippen LogP contribution in [0.4, 0.5) is 5.69 Å². The van der Waals surface area contributed by atoms with Gasteiger partial charge in [-0.1, -0.05) is 37.2 Å². The second-order valence-electron chi connectivity index (χ2n) is 7.88. The molecule has 176 valence electrons. The molecule has 0 radical (unpaired) electrons. The predicted molar refractivity (Wildman–Crippen MR) is 140 cm³/mol. The highest BCUT2D eigenvalue weighted by Crippen LogP contribution is 2.28. The van der Waals surface area contributed by atoms with Crippen molar-refractivity contribution in [1.82, 2.24) is 15.8 Å². The number of benzene rings is 1. The van der Waals surface area contributed by atoms with E-state index in [0.29, 0.717) is 25.4 Å². The first kappa shape index (κ1) is 26.2. The van der Waals surface area contributed by atoms with Crippen molar-refractivity contribution in [3.63, 3.8) is 0 Å². The van der Waals surface area contributed by atoms with Crippen molar-refractivity contribution in [2.75, 3.05) is 24.5 Å². The highest BCUT2D eigenvalue weighted by atomic mass is 127. The van der Waals surface area contributed by atoms with E-state index in [1.54, 1.807) is 0 Å². The Bertz CT molecular complexity index is 879. The summed E-state index contributed by atoms with van der Waals surface area (Å²) in [6.45, 7) is 9.04.